The van der Waals surface area contributed by atoms with Crippen molar-refractivity contribution < 1.29 is 9.72 Å². The number of benzene rings is 2. The molecule has 0 bridgehead atoms. The number of carbonyl (C=O) groups is 1. The van der Waals surface area contributed by atoms with Crippen LogP contribution >= 0.6 is 46.1 Å². The molecule has 2 aromatic carbocycles. The van der Waals surface area contributed by atoms with E-state index in [4.69, 9.17) is 12.2 Å². The van der Waals surface area contributed by atoms with Crippen molar-refractivity contribution in [2.45, 2.75) is 0 Å². The summed E-state index contributed by atoms with van der Waals surface area (Å²) in [7, 11) is 0. The average Bonchev–Trinajstić information content (AvgIpc) is 2.95. The number of rotatable bonds is 3. The zero-order chi connectivity index (χ0) is 18.0. The Hall–Kier alpha value is -2.18. The Kier molecular flexibility index (Phi) is 5.20. The number of nitro groups is 1. The third-order valence-corrected chi connectivity index (χ3v) is 5.23. The van der Waals surface area contributed by atoms with Gasteiger partial charge in [-0.2, -0.15) is 0 Å². The predicted molar refractivity (Wildman–Crippen MR) is 109 cm³/mol. The van der Waals surface area contributed by atoms with Crippen LogP contribution < -0.4 is 10.6 Å². The van der Waals surface area contributed by atoms with E-state index in [0.717, 1.165) is 3.57 Å². The molecule has 0 aliphatic rings. The van der Waals surface area contributed by atoms with Crippen molar-refractivity contribution in [2.24, 2.45) is 0 Å². The monoisotopic (exact) mass is 484 g/mol. The molecule has 3 rings (SSSR count). The van der Waals surface area contributed by atoms with Crippen molar-refractivity contribution in [3.05, 3.63) is 61.7 Å². The molecule has 0 fully saturated rings. The van der Waals surface area contributed by atoms with Gasteiger partial charge in [0, 0.05) is 15.7 Å². The number of hydrogen-bond acceptors (Lipinski definition) is 6. The van der Waals surface area contributed by atoms with Crippen LogP contribution in [0.2, 0.25) is 0 Å². The molecule has 25 heavy (non-hydrogen) atoms. The zero-order valence-electron chi connectivity index (χ0n) is 12.4. The van der Waals surface area contributed by atoms with Crippen molar-refractivity contribution in [3.63, 3.8) is 0 Å². The summed E-state index contributed by atoms with van der Waals surface area (Å²) in [6.07, 6.45) is 0. The van der Waals surface area contributed by atoms with E-state index in [-0.39, 0.29) is 16.7 Å². The molecule has 1 amide bonds. The maximum absolute atomic E-state index is 12.2. The van der Waals surface area contributed by atoms with Gasteiger partial charge >= 0.3 is 0 Å². The second-order valence-electron chi connectivity index (χ2n) is 4.82. The fraction of sp³-hybridized carbons (Fsp3) is 0. The van der Waals surface area contributed by atoms with Gasteiger partial charge in [-0.15, -0.1) is 0 Å². The molecule has 0 radical (unpaired) electrons. The number of halogens is 1. The number of anilines is 1. The summed E-state index contributed by atoms with van der Waals surface area (Å²) >= 11 is 8.43. The van der Waals surface area contributed by atoms with Crippen LogP contribution in [-0.2, 0) is 0 Å². The van der Waals surface area contributed by atoms with Crippen LogP contribution in [0.3, 0.4) is 0 Å². The summed E-state index contributed by atoms with van der Waals surface area (Å²) in [5.41, 5.74) is 1.13. The number of non-ortho nitro benzene ring substituents is 1. The fourth-order valence-corrected chi connectivity index (χ4v) is 3.81. The highest BCUT2D eigenvalue weighted by Gasteiger charge is 2.13. The Bertz CT molecular complexity index is 1010. The lowest BCUT2D eigenvalue weighted by atomic mass is 10.2. The highest BCUT2D eigenvalue weighted by molar-refractivity contribution is 14.1. The molecule has 0 saturated heterocycles. The molecule has 3 aromatic rings. The van der Waals surface area contributed by atoms with Gasteiger partial charge in [0.1, 0.15) is 0 Å². The van der Waals surface area contributed by atoms with Crippen LogP contribution in [-0.4, -0.2) is 20.9 Å². The van der Waals surface area contributed by atoms with Gasteiger partial charge in [-0.1, -0.05) is 23.5 Å². The normalized spacial score (nSPS) is 10.4. The number of hydrogen-bond donors (Lipinski definition) is 2. The molecule has 1 heterocycles. The molecule has 7 nitrogen and oxygen atoms in total. The second-order valence-corrected chi connectivity index (χ2v) is 7.42. The van der Waals surface area contributed by atoms with Crippen molar-refractivity contribution >= 4 is 78.2 Å². The molecule has 0 aliphatic heterocycles. The van der Waals surface area contributed by atoms with Gasteiger partial charge in [-0.25, -0.2) is 4.98 Å². The number of nitrogens with zero attached hydrogens (tertiary/aromatic N) is 2. The van der Waals surface area contributed by atoms with Gasteiger partial charge in [-0.05, 0) is 53.0 Å². The highest BCUT2D eigenvalue weighted by Crippen LogP contribution is 2.29. The summed E-state index contributed by atoms with van der Waals surface area (Å²) in [5, 5.41) is 16.8. The van der Waals surface area contributed by atoms with E-state index in [2.05, 4.69) is 38.2 Å². The van der Waals surface area contributed by atoms with Crippen LogP contribution in [0.1, 0.15) is 10.4 Å². The van der Waals surface area contributed by atoms with Crippen molar-refractivity contribution in [3.8, 4) is 0 Å². The van der Waals surface area contributed by atoms with Gasteiger partial charge in [0.05, 0.1) is 20.7 Å². The summed E-state index contributed by atoms with van der Waals surface area (Å²) < 4.78 is 1.47. The van der Waals surface area contributed by atoms with E-state index >= 15 is 0 Å². The van der Waals surface area contributed by atoms with Crippen molar-refractivity contribution in [1.82, 2.24) is 10.3 Å². The third kappa shape index (κ3) is 4.08. The number of amides is 1. The van der Waals surface area contributed by atoms with Gasteiger partial charge in [-0.3, -0.25) is 20.2 Å². The lowest BCUT2D eigenvalue weighted by Gasteiger charge is -2.08. The number of nitrogens with one attached hydrogen (secondary N) is 2. The van der Waals surface area contributed by atoms with E-state index in [1.54, 1.807) is 18.2 Å². The summed E-state index contributed by atoms with van der Waals surface area (Å²) in [5.74, 6) is -0.320. The molecule has 0 spiro atoms. The SMILES string of the molecule is O=C(NC(=S)Nc1nc2ccc([N+](=O)[O-])cc2s1)c1ccccc1I. The average molecular weight is 484 g/mol. The minimum atomic E-state index is -0.460. The van der Waals surface area contributed by atoms with E-state index in [1.165, 1.54) is 23.5 Å². The molecular formula is C15H9IN4O3S2. The molecular weight excluding hydrogens is 475 g/mol. The minimum Gasteiger partial charge on any atom is -0.308 e. The lowest BCUT2D eigenvalue weighted by molar-refractivity contribution is -0.384. The standard InChI is InChI=1S/C15H9IN4O3S2/c16-10-4-2-1-3-9(10)13(21)18-14(24)19-15-17-11-6-5-8(20(22)23)7-12(11)25-15/h1-7H,(H2,17,18,19,21,24). The van der Waals surface area contributed by atoms with Crippen molar-refractivity contribution in [2.75, 3.05) is 5.32 Å². The Morgan fingerprint density at radius 2 is 2.04 bits per heavy atom. The molecule has 2 N–H and O–H groups in total. The quantitative estimate of drug-likeness (QED) is 0.253. The van der Waals surface area contributed by atoms with Gasteiger partial charge in [0.15, 0.2) is 10.2 Å². The number of fused-ring (bicyclic) bond motifs is 1. The molecule has 0 unspecified atom stereocenters. The van der Waals surface area contributed by atoms with Crippen LogP contribution in [0.5, 0.6) is 0 Å². The third-order valence-electron chi connectivity index (χ3n) is 3.15. The topological polar surface area (TPSA) is 97.2 Å². The zero-order valence-corrected chi connectivity index (χ0v) is 16.1. The molecule has 126 valence electrons. The lowest BCUT2D eigenvalue weighted by Crippen LogP contribution is -2.34. The van der Waals surface area contributed by atoms with Crippen LogP contribution in [0.4, 0.5) is 10.8 Å². The highest BCUT2D eigenvalue weighted by atomic mass is 127. The Morgan fingerprint density at radius 3 is 2.76 bits per heavy atom. The Labute approximate surface area is 164 Å². The van der Waals surface area contributed by atoms with E-state index in [0.29, 0.717) is 20.9 Å². The summed E-state index contributed by atoms with van der Waals surface area (Å²) in [6.45, 7) is 0. The Balaban J connectivity index is 1.72. The summed E-state index contributed by atoms with van der Waals surface area (Å²) in [4.78, 5) is 26.9. The first kappa shape index (κ1) is 17.6. The van der Waals surface area contributed by atoms with E-state index < -0.39 is 4.92 Å². The van der Waals surface area contributed by atoms with Crippen molar-refractivity contribution in [1.29, 1.82) is 0 Å². The number of nitro benzene ring substituents is 1. The number of thiazole rings is 1. The predicted octanol–water partition coefficient (Wildman–Crippen LogP) is 3.94. The molecule has 0 saturated carbocycles. The maximum Gasteiger partial charge on any atom is 0.270 e. The number of thiocarbonyl (C=S) groups is 1. The van der Waals surface area contributed by atoms with Gasteiger partial charge < -0.3 is 5.32 Å². The molecule has 0 atom stereocenters. The molecule has 10 heteroatoms. The van der Waals surface area contributed by atoms with E-state index in [9.17, 15) is 14.9 Å². The largest absolute Gasteiger partial charge is 0.308 e. The first-order valence-electron chi connectivity index (χ1n) is 6.86. The minimum absolute atomic E-state index is 0.00256. The number of carbonyl (C=O) groups excluding carboxylic acids is 1. The second kappa shape index (κ2) is 7.37. The van der Waals surface area contributed by atoms with E-state index in [1.807, 2.05) is 12.1 Å². The fourth-order valence-electron chi connectivity index (χ4n) is 2.02. The summed E-state index contributed by atoms with van der Waals surface area (Å²) in [6, 6.07) is 11.6. The van der Waals surface area contributed by atoms with Crippen LogP contribution in [0, 0.1) is 13.7 Å². The van der Waals surface area contributed by atoms with Crippen LogP contribution in [0.15, 0.2) is 42.5 Å². The first-order valence-corrected chi connectivity index (χ1v) is 9.16. The van der Waals surface area contributed by atoms with Gasteiger partial charge in [0.2, 0.25) is 0 Å². The number of aromatic nitrogens is 1. The molecule has 0 aliphatic carbocycles. The van der Waals surface area contributed by atoms with Gasteiger partial charge in [0.25, 0.3) is 11.6 Å². The maximum atomic E-state index is 12.2. The van der Waals surface area contributed by atoms with Crippen LogP contribution in [0.25, 0.3) is 10.2 Å². The Morgan fingerprint density at radius 1 is 1.28 bits per heavy atom. The molecule has 1 aromatic heterocycles. The smallest absolute Gasteiger partial charge is 0.270 e. The first-order chi connectivity index (χ1) is 11.9.